The van der Waals surface area contributed by atoms with E-state index >= 15 is 0 Å². The zero-order valence-corrected chi connectivity index (χ0v) is 15.6. The van der Waals surface area contributed by atoms with Crippen LogP contribution in [0.15, 0.2) is 24.3 Å². The van der Waals surface area contributed by atoms with Crippen molar-refractivity contribution in [2.45, 2.75) is 6.92 Å². The van der Waals surface area contributed by atoms with E-state index < -0.39 is 48.7 Å². The number of amides is 4. The molecule has 0 radical (unpaired) electrons. The fourth-order valence-electron chi connectivity index (χ4n) is 3.73. The number of carboxylic acids is 1. The van der Waals surface area contributed by atoms with Crippen molar-refractivity contribution >= 4 is 46.3 Å². The first kappa shape index (κ1) is 19.2. The van der Waals surface area contributed by atoms with E-state index in [1.807, 2.05) is 0 Å². The number of esters is 1. The second-order valence-electron chi connectivity index (χ2n) is 6.66. The van der Waals surface area contributed by atoms with E-state index in [9.17, 15) is 28.8 Å². The standard InChI is InChI=1S/C20H14N2O8/c1-2-30-14(25)8-22-19(28)11-5-3-9-15-10(4-6-12(16(11)15)20(22)29)18(27)21(17(9)26)7-13(23)24/h3-6H,2,7-8H2,1H3,(H,23,24). The Morgan fingerprint density at radius 3 is 1.47 bits per heavy atom. The Balaban J connectivity index is 1.89. The Labute approximate surface area is 168 Å². The van der Waals surface area contributed by atoms with Gasteiger partial charge in [-0.15, -0.1) is 0 Å². The van der Waals surface area contributed by atoms with Crippen LogP contribution >= 0.6 is 0 Å². The van der Waals surface area contributed by atoms with E-state index in [0.29, 0.717) is 4.90 Å². The second kappa shape index (κ2) is 6.76. The average molecular weight is 410 g/mol. The van der Waals surface area contributed by atoms with Gasteiger partial charge in [0.05, 0.1) is 6.61 Å². The second-order valence-corrected chi connectivity index (χ2v) is 6.66. The molecule has 10 nitrogen and oxygen atoms in total. The van der Waals surface area contributed by atoms with Crippen LogP contribution in [0.2, 0.25) is 0 Å². The molecular formula is C20H14N2O8. The number of hydrogen-bond donors (Lipinski definition) is 1. The third-order valence-electron chi connectivity index (χ3n) is 4.95. The first-order valence-electron chi connectivity index (χ1n) is 8.95. The number of imide groups is 2. The number of benzene rings is 2. The summed E-state index contributed by atoms with van der Waals surface area (Å²) in [6.45, 7) is 0.301. The Hall–Kier alpha value is -4.08. The van der Waals surface area contributed by atoms with Crippen molar-refractivity contribution in [1.82, 2.24) is 9.80 Å². The molecule has 10 heteroatoms. The highest BCUT2D eigenvalue weighted by Crippen LogP contribution is 2.37. The SMILES string of the molecule is CCOC(=O)CN1C(=O)c2ccc3c4c(ccc(c24)C1=O)C(=O)N(CC(=O)O)C3=O. The maximum absolute atomic E-state index is 12.9. The summed E-state index contributed by atoms with van der Waals surface area (Å²) in [5.41, 5.74) is 0.153. The van der Waals surface area contributed by atoms with E-state index in [0.717, 1.165) is 4.90 Å². The molecule has 4 rings (SSSR count). The number of hydrogen-bond acceptors (Lipinski definition) is 7. The van der Waals surface area contributed by atoms with Crippen LogP contribution in [0.5, 0.6) is 0 Å². The van der Waals surface area contributed by atoms with Crippen LogP contribution in [0.25, 0.3) is 10.8 Å². The summed E-state index contributed by atoms with van der Waals surface area (Å²) in [7, 11) is 0. The minimum atomic E-state index is -1.36. The summed E-state index contributed by atoms with van der Waals surface area (Å²) in [6, 6.07) is 5.27. The Bertz CT molecular complexity index is 1130. The highest BCUT2D eigenvalue weighted by atomic mass is 16.5. The van der Waals surface area contributed by atoms with Gasteiger partial charge in [-0.05, 0) is 31.2 Å². The van der Waals surface area contributed by atoms with E-state index in [1.54, 1.807) is 6.92 Å². The Kier molecular flexibility index (Phi) is 4.34. The van der Waals surface area contributed by atoms with E-state index in [-0.39, 0.29) is 39.6 Å². The summed E-state index contributed by atoms with van der Waals surface area (Å²) in [6.07, 6.45) is 0. The van der Waals surface area contributed by atoms with E-state index in [2.05, 4.69) is 0 Å². The molecule has 0 fully saturated rings. The first-order chi connectivity index (χ1) is 14.3. The Morgan fingerprint density at radius 1 is 0.767 bits per heavy atom. The molecule has 1 N–H and O–H groups in total. The van der Waals surface area contributed by atoms with Crippen molar-refractivity contribution in [2.75, 3.05) is 19.7 Å². The number of carbonyl (C=O) groups excluding carboxylic acids is 5. The van der Waals surface area contributed by atoms with E-state index in [1.165, 1.54) is 24.3 Å². The van der Waals surface area contributed by atoms with Gasteiger partial charge in [-0.3, -0.25) is 38.6 Å². The number of ether oxygens (including phenoxy) is 1. The van der Waals surface area contributed by atoms with Crippen molar-refractivity contribution in [3.63, 3.8) is 0 Å². The van der Waals surface area contributed by atoms with Crippen LogP contribution in [0.3, 0.4) is 0 Å². The number of aliphatic carboxylic acids is 1. The van der Waals surface area contributed by atoms with Crippen molar-refractivity contribution in [3.05, 3.63) is 46.5 Å². The molecule has 0 atom stereocenters. The van der Waals surface area contributed by atoms with Crippen molar-refractivity contribution in [1.29, 1.82) is 0 Å². The van der Waals surface area contributed by atoms with Crippen LogP contribution in [0.4, 0.5) is 0 Å². The summed E-state index contributed by atoms with van der Waals surface area (Å²) in [5.74, 6) is -5.26. The number of carbonyl (C=O) groups is 6. The van der Waals surface area contributed by atoms with Crippen molar-refractivity contribution in [3.8, 4) is 0 Å². The molecule has 0 unspecified atom stereocenters. The molecule has 0 bridgehead atoms. The largest absolute Gasteiger partial charge is 0.480 e. The van der Waals surface area contributed by atoms with Gasteiger partial charge in [-0.25, -0.2) is 0 Å². The quantitative estimate of drug-likeness (QED) is 0.561. The van der Waals surface area contributed by atoms with Gasteiger partial charge in [0.15, 0.2) is 0 Å². The molecule has 2 aliphatic heterocycles. The summed E-state index contributed by atoms with van der Waals surface area (Å²) in [4.78, 5) is 75.5. The molecule has 4 amide bonds. The van der Waals surface area contributed by atoms with Gasteiger partial charge < -0.3 is 9.84 Å². The lowest BCUT2D eigenvalue weighted by Gasteiger charge is -2.31. The maximum atomic E-state index is 12.9. The van der Waals surface area contributed by atoms with Gasteiger partial charge >= 0.3 is 11.9 Å². The zero-order chi connectivity index (χ0) is 21.7. The van der Waals surface area contributed by atoms with E-state index in [4.69, 9.17) is 9.84 Å². The third kappa shape index (κ3) is 2.65. The fourth-order valence-corrected chi connectivity index (χ4v) is 3.73. The zero-order valence-electron chi connectivity index (χ0n) is 15.6. The van der Waals surface area contributed by atoms with Crippen molar-refractivity contribution in [2.24, 2.45) is 0 Å². The topological polar surface area (TPSA) is 138 Å². The summed E-state index contributed by atoms with van der Waals surface area (Å²) < 4.78 is 4.81. The van der Waals surface area contributed by atoms with Gasteiger partial charge in [0, 0.05) is 33.0 Å². The summed E-state index contributed by atoms with van der Waals surface area (Å²) in [5, 5.41) is 9.27. The predicted molar refractivity (Wildman–Crippen MR) is 99.0 cm³/mol. The van der Waals surface area contributed by atoms with Gasteiger partial charge in [-0.1, -0.05) is 0 Å². The smallest absolute Gasteiger partial charge is 0.326 e. The molecule has 152 valence electrons. The third-order valence-corrected chi connectivity index (χ3v) is 4.95. The van der Waals surface area contributed by atoms with Crippen LogP contribution in [-0.4, -0.2) is 70.2 Å². The molecule has 0 aliphatic carbocycles. The molecule has 30 heavy (non-hydrogen) atoms. The lowest BCUT2D eigenvalue weighted by molar-refractivity contribution is -0.143. The van der Waals surface area contributed by atoms with Crippen LogP contribution < -0.4 is 0 Å². The molecule has 0 saturated heterocycles. The highest BCUT2D eigenvalue weighted by Gasteiger charge is 2.40. The maximum Gasteiger partial charge on any atom is 0.326 e. The average Bonchev–Trinajstić information content (AvgIpc) is 2.70. The van der Waals surface area contributed by atoms with Crippen LogP contribution in [-0.2, 0) is 14.3 Å². The first-order valence-corrected chi connectivity index (χ1v) is 8.95. The fraction of sp³-hybridized carbons (Fsp3) is 0.200. The molecule has 2 aliphatic rings. The molecule has 2 aromatic carbocycles. The van der Waals surface area contributed by atoms with Gasteiger partial charge in [0.1, 0.15) is 13.1 Å². The van der Waals surface area contributed by atoms with Gasteiger partial charge in [-0.2, -0.15) is 0 Å². The number of carboxylic acid groups (broad SMARTS) is 1. The molecule has 2 heterocycles. The molecule has 0 saturated carbocycles. The van der Waals surface area contributed by atoms with Gasteiger partial charge in [0.25, 0.3) is 23.6 Å². The van der Waals surface area contributed by atoms with Crippen molar-refractivity contribution < 1.29 is 38.6 Å². The van der Waals surface area contributed by atoms with Crippen LogP contribution in [0.1, 0.15) is 48.4 Å². The lowest BCUT2D eigenvalue weighted by atomic mass is 9.86. The van der Waals surface area contributed by atoms with Crippen LogP contribution in [0, 0.1) is 0 Å². The highest BCUT2D eigenvalue weighted by molar-refractivity contribution is 6.33. The molecule has 2 aromatic rings. The molecule has 0 spiro atoms. The number of nitrogens with zero attached hydrogens (tertiary/aromatic N) is 2. The predicted octanol–water partition coefficient (Wildman–Crippen LogP) is 0.679. The summed E-state index contributed by atoms with van der Waals surface area (Å²) >= 11 is 0. The lowest BCUT2D eigenvalue weighted by Crippen LogP contribution is -2.46. The monoisotopic (exact) mass is 410 g/mol. The molecule has 0 aromatic heterocycles. The van der Waals surface area contributed by atoms with Gasteiger partial charge in [0.2, 0.25) is 0 Å². The minimum Gasteiger partial charge on any atom is -0.480 e. The minimum absolute atomic E-state index is 0.0193. The Morgan fingerprint density at radius 2 is 1.13 bits per heavy atom. The number of rotatable bonds is 5. The molecular weight excluding hydrogens is 396 g/mol. The normalized spacial score (nSPS) is 15.1.